The van der Waals surface area contributed by atoms with E-state index >= 15 is 0 Å². The summed E-state index contributed by atoms with van der Waals surface area (Å²) < 4.78 is 34.2. The number of anilines is 2. The summed E-state index contributed by atoms with van der Waals surface area (Å²) in [5, 5.41) is 3.36. The van der Waals surface area contributed by atoms with Gasteiger partial charge in [-0.2, -0.15) is 0 Å². The number of carbonyl (C=O) groups excluding carboxylic acids is 2. The SMILES string of the molecule is CCOc1ccccc1N(CC(=O)Nc1ccc(Cl)cc1C(=O)c1ccccc1)S(=O)(=O)c1ccc(Cl)cc1. The second kappa shape index (κ2) is 12.3. The molecule has 0 atom stereocenters. The highest BCUT2D eigenvalue weighted by molar-refractivity contribution is 7.92. The van der Waals surface area contributed by atoms with Gasteiger partial charge in [0.05, 0.1) is 22.9 Å². The van der Waals surface area contributed by atoms with Crippen molar-refractivity contribution in [3.63, 3.8) is 0 Å². The van der Waals surface area contributed by atoms with Crippen LogP contribution in [-0.4, -0.2) is 33.3 Å². The van der Waals surface area contributed by atoms with Crippen molar-refractivity contribution in [3.8, 4) is 5.75 Å². The number of hydrogen-bond acceptors (Lipinski definition) is 5. The molecule has 0 heterocycles. The minimum Gasteiger partial charge on any atom is -0.492 e. The van der Waals surface area contributed by atoms with Gasteiger partial charge in [-0.3, -0.25) is 13.9 Å². The molecule has 0 aliphatic carbocycles. The van der Waals surface area contributed by atoms with Crippen molar-refractivity contribution in [3.05, 3.63) is 118 Å². The van der Waals surface area contributed by atoms with Crippen LogP contribution in [0.5, 0.6) is 5.75 Å². The summed E-state index contributed by atoms with van der Waals surface area (Å²) in [6.45, 7) is 1.46. The van der Waals surface area contributed by atoms with Crippen LogP contribution in [0.25, 0.3) is 0 Å². The third-order valence-electron chi connectivity index (χ3n) is 5.66. The maximum Gasteiger partial charge on any atom is 0.264 e. The molecule has 0 unspecified atom stereocenters. The van der Waals surface area contributed by atoms with E-state index in [1.165, 1.54) is 42.5 Å². The topological polar surface area (TPSA) is 92.8 Å². The zero-order valence-electron chi connectivity index (χ0n) is 20.8. The standard InChI is InChI=1S/C29H24Cl2N2O5S/c1-2-38-27-11-7-6-10-26(27)33(39(36,37)23-15-12-21(30)13-16-23)19-28(34)32-25-17-14-22(31)18-24(25)29(35)20-8-4-3-5-9-20/h3-18H,2,19H2,1H3,(H,32,34). The van der Waals surface area contributed by atoms with Crippen LogP contribution in [0.15, 0.2) is 102 Å². The van der Waals surface area contributed by atoms with Crippen molar-refractivity contribution in [2.24, 2.45) is 0 Å². The summed E-state index contributed by atoms with van der Waals surface area (Å²) in [4.78, 5) is 26.5. The molecule has 0 saturated carbocycles. The molecule has 1 amide bonds. The lowest BCUT2D eigenvalue weighted by atomic mass is 10.0. The lowest BCUT2D eigenvalue weighted by Gasteiger charge is -2.26. The number of halogens is 2. The van der Waals surface area contributed by atoms with Crippen LogP contribution in [-0.2, 0) is 14.8 Å². The van der Waals surface area contributed by atoms with E-state index in [1.807, 2.05) is 0 Å². The van der Waals surface area contributed by atoms with Gasteiger partial charge in [0, 0.05) is 21.2 Å². The summed E-state index contributed by atoms with van der Waals surface area (Å²) >= 11 is 12.1. The van der Waals surface area contributed by atoms with E-state index in [0.717, 1.165) is 4.31 Å². The van der Waals surface area contributed by atoms with Crippen LogP contribution >= 0.6 is 23.2 Å². The minimum atomic E-state index is -4.23. The Labute approximate surface area is 237 Å². The van der Waals surface area contributed by atoms with Gasteiger partial charge in [-0.25, -0.2) is 8.42 Å². The van der Waals surface area contributed by atoms with E-state index in [1.54, 1.807) is 61.5 Å². The first-order valence-electron chi connectivity index (χ1n) is 11.9. The summed E-state index contributed by atoms with van der Waals surface area (Å²) in [6.07, 6.45) is 0. The lowest BCUT2D eigenvalue weighted by molar-refractivity contribution is -0.114. The predicted octanol–water partition coefficient (Wildman–Crippen LogP) is 6.46. The van der Waals surface area contributed by atoms with Crippen LogP contribution in [0, 0.1) is 0 Å². The third kappa shape index (κ3) is 6.60. The van der Waals surface area contributed by atoms with Crippen LogP contribution in [0.3, 0.4) is 0 Å². The number of rotatable bonds is 10. The maximum atomic E-state index is 13.8. The molecule has 0 radical (unpaired) electrons. The van der Waals surface area contributed by atoms with Crippen molar-refractivity contribution < 1.29 is 22.7 Å². The third-order valence-corrected chi connectivity index (χ3v) is 7.92. The second-order valence-corrected chi connectivity index (χ2v) is 11.0. The smallest absolute Gasteiger partial charge is 0.264 e. The molecular weight excluding hydrogens is 559 g/mol. The largest absolute Gasteiger partial charge is 0.492 e. The minimum absolute atomic E-state index is 0.0579. The first-order chi connectivity index (χ1) is 18.7. The number of amides is 1. The Balaban J connectivity index is 1.71. The molecule has 200 valence electrons. The molecule has 4 rings (SSSR count). The van der Waals surface area contributed by atoms with E-state index in [2.05, 4.69) is 5.32 Å². The summed E-state index contributed by atoms with van der Waals surface area (Å²) in [7, 11) is -4.23. The zero-order chi connectivity index (χ0) is 28.0. The van der Waals surface area contributed by atoms with Gasteiger partial charge in [0.1, 0.15) is 12.3 Å². The van der Waals surface area contributed by atoms with Crippen LogP contribution in [0.4, 0.5) is 11.4 Å². The van der Waals surface area contributed by atoms with E-state index < -0.39 is 22.5 Å². The Morgan fingerprint density at radius 1 is 0.846 bits per heavy atom. The summed E-state index contributed by atoms with van der Waals surface area (Å²) in [5.41, 5.74) is 0.957. The second-order valence-electron chi connectivity index (χ2n) is 8.30. The maximum absolute atomic E-state index is 13.8. The molecule has 0 aliphatic heterocycles. The molecule has 0 aromatic heterocycles. The lowest BCUT2D eigenvalue weighted by Crippen LogP contribution is -2.38. The van der Waals surface area contributed by atoms with Gasteiger partial charge in [0.25, 0.3) is 10.0 Å². The number of ketones is 1. The Morgan fingerprint density at radius 3 is 2.18 bits per heavy atom. The fraction of sp³-hybridized carbons (Fsp3) is 0.103. The molecule has 0 saturated heterocycles. The van der Waals surface area contributed by atoms with Gasteiger partial charge in [-0.05, 0) is 61.5 Å². The van der Waals surface area contributed by atoms with Crippen molar-refractivity contribution >= 4 is 56.3 Å². The predicted molar refractivity (Wildman–Crippen MR) is 154 cm³/mol. The Bertz CT molecular complexity index is 1590. The Morgan fingerprint density at radius 2 is 1.49 bits per heavy atom. The first kappa shape index (κ1) is 28.2. The number of hydrogen-bond donors (Lipinski definition) is 1. The van der Waals surface area contributed by atoms with Crippen molar-refractivity contribution in [2.75, 3.05) is 22.8 Å². The molecule has 7 nitrogen and oxygen atoms in total. The molecule has 0 bridgehead atoms. The van der Waals surface area contributed by atoms with Crippen LogP contribution < -0.4 is 14.4 Å². The van der Waals surface area contributed by atoms with Crippen LogP contribution in [0.2, 0.25) is 10.0 Å². The zero-order valence-corrected chi connectivity index (χ0v) is 23.1. The molecule has 0 aliphatic rings. The quantitative estimate of drug-likeness (QED) is 0.217. The first-order valence-corrected chi connectivity index (χ1v) is 14.1. The highest BCUT2D eigenvalue weighted by Gasteiger charge is 2.30. The highest BCUT2D eigenvalue weighted by Crippen LogP contribution is 2.33. The average molecular weight is 583 g/mol. The average Bonchev–Trinajstić information content (AvgIpc) is 2.93. The monoisotopic (exact) mass is 582 g/mol. The van der Waals surface area contributed by atoms with E-state index in [-0.39, 0.29) is 40.0 Å². The Kier molecular flexibility index (Phi) is 8.91. The fourth-order valence-electron chi connectivity index (χ4n) is 3.85. The van der Waals surface area contributed by atoms with Gasteiger partial charge < -0.3 is 10.1 Å². The van der Waals surface area contributed by atoms with Gasteiger partial charge in [-0.15, -0.1) is 0 Å². The number of para-hydroxylation sites is 2. The van der Waals surface area contributed by atoms with Crippen molar-refractivity contribution in [2.45, 2.75) is 11.8 Å². The van der Waals surface area contributed by atoms with E-state index in [9.17, 15) is 18.0 Å². The van der Waals surface area contributed by atoms with Gasteiger partial charge >= 0.3 is 0 Å². The number of ether oxygens (including phenoxy) is 1. The number of carbonyl (C=O) groups is 2. The van der Waals surface area contributed by atoms with Gasteiger partial charge in [0.15, 0.2) is 5.78 Å². The van der Waals surface area contributed by atoms with Crippen LogP contribution in [0.1, 0.15) is 22.8 Å². The molecule has 0 fully saturated rings. The number of nitrogens with zero attached hydrogens (tertiary/aromatic N) is 1. The van der Waals surface area contributed by atoms with E-state index in [4.69, 9.17) is 27.9 Å². The number of nitrogens with one attached hydrogen (secondary N) is 1. The van der Waals surface area contributed by atoms with Crippen molar-refractivity contribution in [1.82, 2.24) is 0 Å². The molecule has 10 heteroatoms. The number of benzene rings is 4. The number of sulfonamides is 1. The highest BCUT2D eigenvalue weighted by atomic mass is 35.5. The van der Waals surface area contributed by atoms with Gasteiger partial charge in [-0.1, -0.05) is 65.7 Å². The fourth-order valence-corrected chi connectivity index (χ4v) is 5.58. The van der Waals surface area contributed by atoms with Gasteiger partial charge in [0.2, 0.25) is 5.91 Å². The van der Waals surface area contributed by atoms with E-state index in [0.29, 0.717) is 15.6 Å². The summed E-state index contributed by atoms with van der Waals surface area (Å²) in [6, 6.07) is 25.2. The molecule has 4 aromatic rings. The van der Waals surface area contributed by atoms with Crippen molar-refractivity contribution in [1.29, 1.82) is 0 Å². The summed E-state index contributed by atoms with van der Waals surface area (Å²) in [5.74, 6) is -0.735. The Hall–Kier alpha value is -3.85. The molecule has 0 spiro atoms. The molecule has 4 aromatic carbocycles. The molecular formula is C29H24Cl2N2O5S. The molecule has 39 heavy (non-hydrogen) atoms. The normalized spacial score (nSPS) is 11.1. The molecule has 1 N–H and O–H groups in total.